The van der Waals surface area contributed by atoms with Crippen LogP contribution in [-0.4, -0.2) is 5.71 Å². The van der Waals surface area contributed by atoms with E-state index in [0.29, 0.717) is 22.2 Å². The highest BCUT2D eigenvalue weighted by Crippen LogP contribution is 2.35. The number of hydrogen-bond acceptors (Lipinski definition) is 3. The third kappa shape index (κ3) is 2.71. The van der Waals surface area contributed by atoms with Crippen LogP contribution >= 0.6 is 23.2 Å². The van der Waals surface area contributed by atoms with Crippen molar-refractivity contribution in [1.82, 2.24) is 0 Å². The van der Waals surface area contributed by atoms with Crippen molar-refractivity contribution in [3.05, 3.63) is 63.1 Å². The molecular weight excluding hydrogens is 307 g/mol. The summed E-state index contributed by atoms with van der Waals surface area (Å²) in [7, 11) is 0. The third-order valence-electron chi connectivity index (χ3n) is 3.58. The summed E-state index contributed by atoms with van der Waals surface area (Å²) in [5.74, 6) is 0. The molecule has 1 unspecified atom stereocenters. The normalized spacial score (nSPS) is 17.5. The van der Waals surface area contributed by atoms with Gasteiger partial charge in [-0.1, -0.05) is 46.6 Å². The largest absolute Gasteiger partial charge is 0.398 e. The highest BCUT2D eigenvalue weighted by atomic mass is 35.5. The second-order valence-corrected chi connectivity index (χ2v) is 5.86. The maximum Gasteiger partial charge on any atom is 0.159 e. The summed E-state index contributed by atoms with van der Waals surface area (Å²) in [4.78, 5) is 5.54. The minimum absolute atomic E-state index is 0.163. The lowest BCUT2D eigenvalue weighted by Crippen LogP contribution is -2.04. The van der Waals surface area contributed by atoms with E-state index in [-0.39, 0.29) is 6.10 Å². The second-order valence-electron chi connectivity index (χ2n) is 5.05. The molecule has 0 saturated carbocycles. The fourth-order valence-corrected chi connectivity index (χ4v) is 2.88. The zero-order valence-electron chi connectivity index (χ0n) is 11.4. The molecule has 3 rings (SSSR count). The van der Waals surface area contributed by atoms with E-state index in [1.807, 2.05) is 43.3 Å². The predicted molar refractivity (Wildman–Crippen MR) is 87.0 cm³/mol. The van der Waals surface area contributed by atoms with Gasteiger partial charge in [-0.3, -0.25) is 0 Å². The van der Waals surface area contributed by atoms with E-state index in [1.165, 1.54) is 0 Å². The smallest absolute Gasteiger partial charge is 0.159 e. The quantitative estimate of drug-likeness (QED) is 0.811. The van der Waals surface area contributed by atoms with E-state index >= 15 is 0 Å². The van der Waals surface area contributed by atoms with Gasteiger partial charge in [-0.15, -0.1) is 0 Å². The Morgan fingerprint density at radius 2 is 1.95 bits per heavy atom. The molecule has 0 fully saturated rings. The van der Waals surface area contributed by atoms with Gasteiger partial charge < -0.3 is 10.6 Å². The Bertz CT molecular complexity index is 728. The number of nitrogen functional groups attached to an aromatic ring is 1. The topological polar surface area (TPSA) is 47.6 Å². The number of nitrogens with two attached hydrogens (primary N) is 1. The van der Waals surface area contributed by atoms with Gasteiger partial charge in [0.25, 0.3) is 0 Å². The Hall–Kier alpha value is -1.71. The number of halogens is 2. The molecule has 1 heterocycles. The van der Waals surface area contributed by atoms with Crippen molar-refractivity contribution in [2.24, 2.45) is 5.16 Å². The number of anilines is 1. The van der Waals surface area contributed by atoms with E-state index in [2.05, 4.69) is 5.16 Å². The van der Waals surface area contributed by atoms with Gasteiger partial charge >= 0.3 is 0 Å². The molecule has 1 atom stereocenters. The standard InChI is InChI=1S/C16H14Cl2N2O/c1-9-6-14(19)13(18)7-11(9)15-8-16(21-20-15)10-4-2-3-5-12(10)17/h2-7,16H,8,19H2,1H3. The summed E-state index contributed by atoms with van der Waals surface area (Å²) >= 11 is 12.3. The van der Waals surface area contributed by atoms with Crippen molar-refractivity contribution in [2.45, 2.75) is 19.4 Å². The molecule has 0 spiro atoms. The van der Waals surface area contributed by atoms with Gasteiger partial charge in [0.1, 0.15) is 0 Å². The molecule has 2 N–H and O–H groups in total. The van der Waals surface area contributed by atoms with Gasteiger partial charge in [0.15, 0.2) is 6.10 Å². The van der Waals surface area contributed by atoms with Gasteiger partial charge in [-0.05, 0) is 30.7 Å². The average Bonchev–Trinajstić information content (AvgIpc) is 2.92. The molecule has 0 radical (unpaired) electrons. The first-order chi connectivity index (χ1) is 10.1. The first-order valence-electron chi connectivity index (χ1n) is 6.59. The molecule has 1 aliphatic heterocycles. The summed E-state index contributed by atoms with van der Waals surface area (Å²) in [5, 5.41) is 5.41. The number of hydrogen-bond donors (Lipinski definition) is 1. The van der Waals surface area contributed by atoms with Crippen LogP contribution in [0, 0.1) is 6.92 Å². The van der Waals surface area contributed by atoms with Crippen LogP contribution in [0.4, 0.5) is 5.69 Å². The van der Waals surface area contributed by atoms with E-state index in [9.17, 15) is 0 Å². The van der Waals surface area contributed by atoms with Gasteiger partial charge in [0.05, 0.1) is 16.4 Å². The average molecular weight is 321 g/mol. The van der Waals surface area contributed by atoms with Crippen LogP contribution in [0.3, 0.4) is 0 Å². The zero-order valence-corrected chi connectivity index (χ0v) is 12.9. The van der Waals surface area contributed by atoms with Crippen LogP contribution in [0.1, 0.15) is 29.2 Å². The van der Waals surface area contributed by atoms with E-state index in [0.717, 1.165) is 22.4 Å². The lowest BCUT2D eigenvalue weighted by atomic mass is 9.97. The minimum atomic E-state index is -0.163. The van der Waals surface area contributed by atoms with E-state index in [1.54, 1.807) is 0 Å². The van der Waals surface area contributed by atoms with Gasteiger partial charge in [0, 0.05) is 22.6 Å². The number of oxime groups is 1. The molecule has 0 bridgehead atoms. The van der Waals surface area contributed by atoms with Crippen molar-refractivity contribution >= 4 is 34.6 Å². The molecule has 1 aliphatic rings. The highest BCUT2D eigenvalue weighted by Gasteiger charge is 2.26. The van der Waals surface area contributed by atoms with Gasteiger partial charge in [-0.2, -0.15) is 0 Å². The minimum Gasteiger partial charge on any atom is -0.398 e. The summed E-state index contributed by atoms with van der Waals surface area (Å²) < 4.78 is 0. The number of rotatable bonds is 2. The Kier molecular flexibility index (Phi) is 3.79. The van der Waals surface area contributed by atoms with Crippen molar-refractivity contribution in [3.63, 3.8) is 0 Å². The van der Waals surface area contributed by atoms with Crippen molar-refractivity contribution in [2.75, 3.05) is 5.73 Å². The Morgan fingerprint density at radius 3 is 2.71 bits per heavy atom. The molecule has 5 heteroatoms. The Labute approximate surface area is 133 Å². The summed E-state index contributed by atoms with van der Waals surface area (Å²) in [6, 6.07) is 11.3. The monoisotopic (exact) mass is 320 g/mol. The first-order valence-corrected chi connectivity index (χ1v) is 7.35. The maximum atomic E-state index is 6.21. The molecular formula is C16H14Cl2N2O. The van der Waals surface area contributed by atoms with Crippen LogP contribution in [0.25, 0.3) is 0 Å². The van der Waals surface area contributed by atoms with Crippen LogP contribution in [0.5, 0.6) is 0 Å². The van der Waals surface area contributed by atoms with Gasteiger partial charge in [-0.25, -0.2) is 0 Å². The molecule has 0 amide bonds. The molecule has 2 aromatic rings. The Morgan fingerprint density at radius 1 is 1.19 bits per heavy atom. The van der Waals surface area contributed by atoms with E-state index < -0.39 is 0 Å². The second kappa shape index (κ2) is 5.58. The summed E-state index contributed by atoms with van der Waals surface area (Å²) in [6.07, 6.45) is 0.495. The molecule has 3 nitrogen and oxygen atoms in total. The SMILES string of the molecule is Cc1cc(N)c(Cl)cc1C1=NOC(c2ccccc2Cl)C1. The number of benzene rings is 2. The fourth-order valence-electron chi connectivity index (χ4n) is 2.45. The molecule has 108 valence electrons. The molecule has 0 aromatic heterocycles. The molecule has 21 heavy (non-hydrogen) atoms. The van der Waals surface area contributed by atoms with Crippen molar-refractivity contribution < 1.29 is 4.84 Å². The fraction of sp³-hybridized carbons (Fsp3) is 0.188. The van der Waals surface area contributed by atoms with Crippen molar-refractivity contribution in [3.8, 4) is 0 Å². The third-order valence-corrected chi connectivity index (χ3v) is 4.25. The van der Waals surface area contributed by atoms with E-state index in [4.69, 9.17) is 33.8 Å². The number of nitrogens with zero attached hydrogens (tertiary/aromatic N) is 1. The zero-order chi connectivity index (χ0) is 15.0. The molecule has 0 saturated heterocycles. The lowest BCUT2D eigenvalue weighted by molar-refractivity contribution is 0.0858. The molecule has 0 aliphatic carbocycles. The van der Waals surface area contributed by atoms with Gasteiger partial charge in [0.2, 0.25) is 0 Å². The predicted octanol–water partition coefficient (Wildman–Crippen LogP) is 4.75. The lowest BCUT2D eigenvalue weighted by Gasteiger charge is -2.10. The number of aryl methyl sites for hydroxylation is 1. The summed E-state index contributed by atoms with van der Waals surface area (Å²) in [5.41, 5.74) is 10.2. The van der Waals surface area contributed by atoms with Crippen molar-refractivity contribution in [1.29, 1.82) is 0 Å². The highest BCUT2D eigenvalue weighted by molar-refractivity contribution is 6.33. The Balaban J connectivity index is 1.88. The van der Waals surface area contributed by atoms with Crippen LogP contribution in [-0.2, 0) is 4.84 Å². The summed E-state index contributed by atoms with van der Waals surface area (Å²) in [6.45, 7) is 1.98. The van der Waals surface area contributed by atoms with Crippen LogP contribution in [0.15, 0.2) is 41.6 Å². The molecule has 2 aromatic carbocycles. The first kappa shape index (κ1) is 14.2. The maximum absolute atomic E-state index is 6.21. The van der Waals surface area contributed by atoms with Crippen LogP contribution < -0.4 is 5.73 Å². The van der Waals surface area contributed by atoms with Crippen LogP contribution in [0.2, 0.25) is 10.0 Å².